The first kappa shape index (κ1) is 15.2. The van der Waals surface area contributed by atoms with Gasteiger partial charge in [-0.05, 0) is 26.2 Å². The summed E-state index contributed by atoms with van der Waals surface area (Å²) in [5, 5.41) is 5.62. The molecule has 0 saturated carbocycles. The van der Waals surface area contributed by atoms with E-state index in [1.54, 1.807) is 0 Å². The third-order valence-corrected chi connectivity index (χ3v) is 5.05. The number of nitrogens with zero attached hydrogens (tertiary/aromatic N) is 1. The van der Waals surface area contributed by atoms with Crippen molar-refractivity contribution < 1.29 is 9.69 Å². The number of carbonyl (C=O) groups is 1. The van der Waals surface area contributed by atoms with Gasteiger partial charge in [-0.2, -0.15) is 0 Å². The van der Waals surface area contributed by atoms with Crippen LogP contribution in [0.1, 0.15) is 26.2 Å². The van der Waals surface area contributed by atoms with Crippen LogP contribution in [0.3, 0.4) is 0 Å². The van der Waals surface area contributed by atoms with Crippen molar-refractivity contribution in [3.63, 3.8) is 0 Å². The topological polar surface area (TPSA) is 46.4 Å². The Balaban J connectivity index is 1.59. The van der Waals surface area contributed by atoms with Crippen LogP contribution < -0.4 is 10.2 Å². The molecular weight excluding hydrogens is 294 g/mol. The highest BCUT2D eigenvalue weighted by atomic mass is 32.1. The number of hydrogen-bond acceptors (Lipinski definition) is 3. The van der Waals surface area contributed by atoms with Gasteiger partial charge in [-0.15, -0.1) is 11.3 Å². The molecule has 0 aliphatic carbocycles. The molecule has 1 amide bonds. The number of quaternary nitrogens is 1. The quantitative estimate of drug-likeness (QED) is 0.908. The van der Waals surface area contributed by atoms with Gasteiger partial charge in [0, 0.05) is 10.9 Å². The van der Waals surface area contributed by atoms with E-state index in [0.717, 1.165) is 17.8 Å². The lowest BCUT2D eigenvalue weighted by atomic mass is 10.0. The molecule has 5 heteroatoms. The Bertz CT molecular complexity index is 626. The van der Waals surface area contributed by atoms with Crippen molar-refractivity contribution >= 4 is 22.4 Å². The predicted octanol–water partition coefficient (Wildman–Crippen LogP) is 2.21. The van der Waals surface area contributed by atoms with Gasteiger partial charge in [-0.1, -0.05) is 30.3 Å². The minimum Gasteiger partial charge on any atom is -0.325 e. The Morgan fingerprint density at radius 2 is 2.18 bits per heavy atom. The zero-order valence-corrected chi connectivity index (χ0v) is 13.7. The van der Waals surface area contributed by atoms with Crippen LogP contribution in [-0.2, 0) is 4.79 Å². The van der Waals surface area contributed by atoms with E-state index >= 15 is 0 Å². The van der Waals surface area contributed by atoms with E-state index < -0.39 is 0 Å². The first-order valence-corrected chi connectivity index (χ1v) is 8.76. The van der Waals surface area contributed by atoms with E-state index in [-0.39, 0.29) is 5.91 Å². The van der Waals surface area contributed by atoms with Crippen molar-refractivity contribution in [2.45, 2.75) is 32.2 Å². The maximum Gasteiger partial charge on any atom is 0.281 e. The molecule has 2 N–H and O–H groups in total. The molecule has 1 aromatic carbocycles. The lowest BCUT2D eigenvalue weighted by molar-refractivity contribution is -0.920. The Morgan fingerprint density at radius 3 is 2.95 bits per heavy atom. The van der Waals surface area contributed by atoms with Crippen molar-refractivity contribution in [1.29, 1.82) is 0 Å². The average molecular weight is 316 g/mol. The summed E-state index contributed by atoms with van der Waals surface area (Å²) in [6, 6.07) is 10.6. The monoisotopic (exact) mass is 316 g/mol. The minimum absolute atomic E-state index is 0.0673. The third kappa shape index (κ3) is 3.72. The van der Waals surface area contributed by atoms with Crippen LogP contribution in [0.5, 0.6) is 0 Å². The smallest absolute Gasteiger partial charge is 0.281 e. The first-order valence-electron chi connectivity index (χ1n) is 7.88. The van der Waals surface area contributed by atoms with Crippen LogP contribution in [0.2, 0.25) is 0 Å². The van der Waals surface area contributed by atoms with Crippen LogP contribution >= 0.6 is 11.3 Å². The molecule has 2 heterocycles. The number of aromatic nitrogens is 1. The SMILES string of the molecule is C[C@@H]1CCCC[NH+]1CC(=O)Nc1nc(-c2ccccc2)cs1. The Hall–Kier alpha value is -1.72. The van der Waals surface area contributed by atoms with Crippen molar-refractivity contribution in [3.8, 4) is 11.3 Å². The average Bonchev–Trinajstić information content (AvgIpc) is 2.99. The van der Waals surface area contributed by atoms with Crippen molar-refractivity contribution in [2.75, 3.05) is 18.4 Å². The molecule has 3 rings (SSSR count). The number of rotatable bonds is 4. The molecule has 116 valence electrons. The van der Waals surface area contributed by atoms with Crippen LogP contribution in [0.15, 0.2) is 35.7 Å². The highest BCUT2D eigenvalue weighted by Gasteiger charge is 2.24. The zero-order valence-electron chi connectivity index (χ0n) is 12.8. The minimum atomic E-state index is 0.0673. The number of likely N-dealkylation sites (tertiary alicyclic amines) is 1. The Kier molecular flexibility index (Phi) is 4.85. The van der Waals surface area contributed by atoms with Gasteiger partial charge < -0.3 is 4.90 Å². The first-order chi connectivity index (χ1) is 10.7. The second-order valence-electron chi connectivity index (χ2n) is 5.93. The number of hydrogen-bond donors (Lipinski definition) is 2. The number of carbonyl (C=O) groups excluding carboxylic acids is 1. The number of thiazole rings is 1. The van der Waals surface area contributed by atoms with E-state index in [2.05, 4.69) is 17.2 Å². The molecule has 2 aromatic rings. The van der Waals surface area contributed by atoms with Gasteiger partial charge in [0.15, 0.2) is 11.7 Å². The molecule has 1 fully saturated rings. The number of nitrogens with one attached hydrogen (secondary N) is 2. The highest BCUT2D eigenvalue weighted by molar-refractivity contribution is 7.14. The lowest BCUT2D eigenvalue weighted by Crippen LogP contribution is -3.17. The molecule has 22 heavy (non-hydrogen) atoms. The predicted molar refractivity (Wildman–Crippen MR) is 90.2 cm³/mol. The normalized spacial score (nSPS) is 21.5. The van der Waals surface area contributed by atoms with E-state index in [9.17, 15) is 4.79 Å². The van der Waals surface area contributed by atoms with E-state index in [1.165, 1.54) is 35.5 Å². The summed E-state index contributed by atoms with van der Waals surface area (Å²) in [5.74, 6) is 0.0673. The fourth-order valence-corrected chi connectivity index (χ4v) is 3.69. The zero-order chi connectivity index (χ0) is 15.4. The van der Waals surface area contributed by atoms with Gasteiger partial charge in [0.2, 0.25) is 0 Å². The highest BCUT2D eigenvalue weighted by Crippen LogP contribution is 2.24. The van der Waals surface area contributed by atoms with Gasteiger partial charge in [-0.25, -0.2) is 4.98 Å². The van der Waals surface area contributed by atoms with Crippen LogP contribution in [-0.4, -0.2) is 30.0 Å². The number of piperidine rings is 1. The summed E-state index contributed by atoms with van der Waals surface area (Å²) in [5.41, 5.74) is 1.99. The summed E-state index contributed by atoms with van der Waals surface area (Å²) >= 11 is 1.48. The third-order valence-electron chi connectivity index (χ3n) is 4.29. The van der Waals surface area contributed by atoms with Gasteiger partial charge in [0.25, 0.3) is 5.91 Å². The molecule has 1 unspecified atom stereocenters. The van der Waals surface area contributed by atoms with Gasteiger partial charge in [0.1, 0.15) is 0 Å². The summed E-state index contributed by atoms with van der Waals surface area (Å²) in [6.45, 7) is 3.88. The van der Waals surface area contributed by atoms with Crippen molar-refractivity contribution in [2.24, 2.45) is 0 Å². The van der Waals surface area contributed by atoms with Gasteiger partial charge in [0.05, 0.1) is 18.3 Å². The second-order valence-corrected chi connectivity index (χ2v) is 6.79. The number of benzene rings is 1. The summed E-state index contributed by atoms with van der Waals surface area (Å²) < 4.78 is 0. The molecule has 1 aliphatic heterocycles. The van der Waals surface area contributed by atoms with E-state index in [1.807, 2.05) is 35.7 Å². The molecule has 0 spiro atoms. The van der Waals surface area contributed by atoms with Gasteiger partial charge >= 0.3 is 0 Å². The summed E-state index contributed by atoms with van der Waals surface area (Å²) in [7, 11) is 0. The van der Waals surface area contributed by atoms with E-state index in [0.29, 0.717) is 17.7 Å². The summed E-state index contributed by atoms with van der Waals surface area (Å²) in [6.07, 6.45) is 3.74. The Morgan fingerprint density at radius 1 is 1.36 bits per heavy atom. The molecule has 0 bridgehead atoms. The summed E-state index contributed by atoms with van der Waals surface area (Å²) in [4.78, 5) is 18.1. The molecule has 1 saturated heterocycles. The second kappa shape index (κ2) is 7.03. The van der Waals surface area contributed by atoms with Crippen molar-refractivity contribution in [1.82, 2.24) is 4.98 Å². The number of amides is 1. The largest absolute Gasteiger partial charge is 0.325 e. The maximum atomic E-state index is 12.2. The Labute approximate surface area is 135 Å². The van der Waals surface area contributed by atoms with Crippen LogP contribution in [0.25, 0.3) is 11.3 Å². The lowest BCUT2D eigenvalue weighted by Gasteiger charge is -2.29. The van der Waals surface area contributed by atoms with Crippen molar-refractivity contribution in [3.05, 3.63) is 35.7 Å². The molecule has 1 aliphatic rings. The van der Waals surface area contributed by atoms with Crippen LogP contribution in [0.4, 0.5) is 5.13 Å². The molecule has 1 aromatic heterocycles. The van der Waals surface area contributed by atoms with Crippen LogP contribution in [0, 0.1) is 0 Å². The molecule has 2 atom stereocenters. The molecule has 4 nitrogen and oxygen atoms in total. The fourth-order valence-electron chi connectivity index (χ4n) is 2.96. The van der Waals surface area contributed by atoms with Gasteiger partial charge in [-0.3, -0.25) is 10.1 Å². The van der Waals surface area contributed by atoms with E-state index in [4.69, 9.17) is 0 Å². The fraction of sp³-hybridized carbons (Fsp3) is 0.412. The molecular formula is C17H22N3OS+. The standard InChI is InChI=1S/C17H21N3OS/c1-13-7-5-6-10-20(13)11-16(21)19-17-18-15(12-22-17)14-8-3-2-4-9-14/h2-4,8-9,12-13H,5-7,10-11H2,1H3,(H,18,19,21)/p+1/t13-/m1/s1. The number of anilines is 1. The molecule has 0 radical (unpaired) electrons. The maximum absolute atomic E-state index is 12.2.